The van der Waals surface area contributed by atoms with Crippen molar-refractivity contribution in [3.05, 3.63) is 29.6 Å². The molecule has 2 rings (SSSR count). The van der Waals surface area contributed by atoms with Gasteiger partial charge in [-0.1, -0.05) is 18.9 Å². The van der Waals surface area contributed by atoms with Gasteiger partial charge in [-0.25, -0.2) is 4.39 Å². The fourth-order valence-electron chi connectivity index (χ4n) is 2.39. The van der Waals surface area contributed by atoms with E-state index in [2.05, 4.69) is 0 Å². The molecule has 1 aromatic rings. The lowest BCUT2D eigenvalue weighted by Crippen LogP contribution is -2.12. The number of ether oxygens (including phenoxy) is 1. The van der Waals surface area contributed by atoms with E-state index >= 15 is 0 Å². The zero-order valence-electron chi connectivity index (χ0n) is 10.3. The predicted molar refractivity (Wildman–Crippen MR) is 66.5 cm³/mol. The van der Waals surface area contributed by atoms with Crippen molar-refractivity contribution >= 4 is 0 Å². The summed E-state index contributed by atoms with van der Waals surface area (Å²) in [6.07, 6.45) is 5.03. The van der Waals surface area contributed by atoms with Gasteiger partial charge in [-0.15, -0.1) is 0 Å². The van der Waals surface area contributed by atoms with E-state index in [1.165, 1.54) is 37.8 Å². The predicted octanol–water partition coefficient (Wildman–Crippen LogP) is 3.41. The maximum absolute atomic E-state index is 13.2. The van der Waals surface area contributed by atoms with E-state index in [1.54, 1.807) is 6.07 Å². The minimum absolute atomic E-state index is 0.130. The molecule has 1 saturated carbocycles. The highest BCUT2D eigenvalue weighted by Crippen LogP contribution is 2.29. The van der Waals surface area contributed by atoms with Gasteiger partial charge in [0.2, 0.25) is 0 Å². The molecule has 3 heteroatoms. The lowest BCUT2D eigenvalue weighted by molar-refractivity contribution is 0.248. The molecule has 1 fully saturated rings. The minimum Gasteiger partial charge on any atom is -0.493 e. The van der Waals surface area contributed by atoms with Crippen molar-refractivity contribution in [2.24, 2.45) is 11.7 Å². The molecule has 0 amide bonds. The first kappa shape index (κ1) is 12.4. The zero-order valence-corrected chi connectivity index (χ0v) is 10.3. The van der Waals surface area contributed by atoms with Crippen LogP contribution < -0.4 is 10.5 Å². The number of rotatable bonds is 4. The third-order valence-corrected chi connectivity index (χ3v) is 3.42. The van der Waals surface area contributed by atoms with Crippen LogP contribution in [0.15, 0.2) is 18.2 Å². The smallest absolute Gasteiger partial charge is 0.126 e. The van der Waals surface area contributed by atoms with Gasteiger partial charge in [0.15, 0.2) is 0 Å². The first-order chi connectivity index (χ1) is 8.16. The third-order valence-electron chi connectivity index (χ3n) is 3.42. The van der Waals surface area contributed by atoms with Gasteiger partial charge in [-0.2, -0.15) is 0 Å². The molecule has 0 radical (unpaired) electrons. The minimum atomic E-state index is -0.268. The third kappa shape index (κ3) is 3.19. The van der Waals surface area contributed by atoms with Crippen LogP contribution >= 0.6 is 0 Å². The Morgan fingerprint density at radius 3 is 2.76 bits per heavy atom. The molecule has 0 aliphatic heterocycles. The summed E-state index contributed by atoms with van der Waals surface area (Å²) in [6, 6.07) is 4.45. The zero-order chi connectivity index (χ0) is 12.3. The van der Waals surface area contributed by atoms with Crippen LogP contribution in [-0.2, 0) is 0 Å². The summed E-state index contributed by atoms with van der Waals surface area (Å²) in [5.41, 5.74) is 6.72. The van der Waals surface area contributed by atoms with E-state index in [9.17, 15) is 4.39 Å². The SMILES string of the molecule is CC(N)c1ccc(F)cc1OCC1CCCC1. The second-order valence-electron chi connectivity index (χ2n) is 4.93. The number of hydrogen-bond donors (Lipinski definition) is 1. The molecule has 0 spiro atoms. The Kier molecular flexibility index (Phi) is 4.00. The van der Waals surface area contributed by atoms with Gasteiger partial charge in [0.25, 0.3) is 0 Å². The molecule has 1 atom stereocenters. The average molecular weight is 237 g/mol. The van der Waals surface area contributed by atoms with E-state index in [-0.39, 0.29) is 11.9 Å². The first-order valence-corrected chi connectivity index (χ1v) is 6.34. The Morgan fingerprint density at radius 1 is 1.41 bits per heavy atom. The Labute approximate surface area is 102 Å². The summed E-state index contributed by atoms with van der Waals surface area (Å²) in [5.74, 6) is 0.960. The van der Waals surface area contributed by atoms with Crippen molar-refractivity contribution < 1.29 is 9.13 Å². The molecule has 1 aliphatic carbocycles. The van der Waals surface area contributed by atoms with Crippen LogP contribution in [-0.4, -0.2) is 6.61 Å². The molecular weight excluding hydrogens is 217 g/mol. The van der Waals surface area contributed by atoms with Crippen molar-refractivity contribution in [3.63, 3.8) is 0 Å². The quantitative estimate of drug-likeness (QED) is 0.871. The molecule has 2 nitrogen and oxygen atoms in total. The lowest BCUT2D eigenvalue weighted by Gasteiger charge is -2.16. The molecule has 0 saturated heterocycles. The molecule has 1 aliphatic rings. The monoisotopic (exact) mass is 237 g/mol. The highest BCUT2D eigenvalue weighted by molar-refractivity contribution is 5.36. The van der Waals surface area contributed by atoms with Crippen molar-refractivity contribution in [1.29, 1.82) is 0 Å². The molecule has 0 aromatic heterocycles. The fourth-order valence-corrected chi connectivity index (χ4v) is 2.39. The highest BCUT2D eigenvalue weighted by atomic mass is 19.1. The second-order valence-corrected chi connectivity index (χ2v) is 4.93. The molecular formula is C14H20FNO. The summed E-state index contributed by atoms with van der Waals surface area (Å²) in [6.45, 7) is 2.57. The van der Waals surface area contributed by atoms with E-state index in [0.29, 0.717) is 18.3 Å². The Morgan fingerprint density at radius 2 is 2.12 bits per heavy atom. The normalized spacial score (nSPS) is 18.3. The number of nitrogens with two attached hydrogens (primary N) is 1. The van der Waals surface area contributed by atoms with Gasteiger partial charge in [0, 0.05) is 17.7 Å². The molecule has 1 aromatic carbocycles. The van der Waals surface area contributed by atoms with Gasteiger partial charge in [0.1, 0.15) is 11.6 Å². The molecule has 0 heterocycles. The van der Waals surface area contributed by atoms with E-state index in [4.69, 9.17) is 10.5 Å². The van der Waals surface area contributed by atoms with Gasteiger partial charge in [0.05, 0.1) is 6.61 Å². The second kappa shape index (κ2) is 5.50. The highest BCUT2D eigenvalue weighted by Gasteiger charge is 2.17. The fraction of sp³-hybridized carbons (Fsp3) is 0.571. The molecule has 94 valence electrons. The lowest BCUT2D eigenvalue weighted by atomic mass is 10.1. The topological polar surface area (TPSA) is 35.2 Å². The summed E-state index contributed by atoms with van der Waals surface area (Å²) in [4.78, 5) is 0. The Hall–Kier alpha value is -1.09. The average Bonchev–Trinajstić information content (AvgIpc) is 2.78. The maximum Gasteiger partial charge on any atom is 0.126 e. The van der Waals surface area contributed by atoms with Crippen LogP contribution in [0.2, 0.25) is 0 Å². The van der Waals surface area contributed by atoms with Crippen LogP contribution in [0.25, 0.3) is 0 Å². The Balaban J connectivity index is 2.04. The van der Waals surface area contributed by atoms with Crippen molar-refractivity contribution in [2.75, 3.05) is 6.61 Å². The van der Waals surface area contributed by atoms with Crippen LogP contribution in [0.5, 0.6) is 5.75 Å². The number of halogens is 1. The van der Waals surface area contributed by atoms with Crippen molar-refractivity contribution in [2.45, 2.75) is 38.6 Å². The maximum atomic E-state index is 13.2. The molecule has 2 N–H and O–H groups in total. The Bertz CT molecular complexity index is 372. The summed E-state index contributed by atoms with van der Waals surface area (Å²) in [7, 11) is 0. The van der Waals surface area contributed by atoms with Gasteiger partial charge in [-0.3, -0.25) is 0 Å². The van der Waals surface area contributed by atoms with Crippen LogP contribution in [0.1, 0.15) is 44.2 Å². The summed E-state index contributed by atoms with van der Waals surface area (Å²) in [5, 5.41) is 0. The van der Waals surface area contributed by atoms with E-state index in [1.807, 2.05) is 6.92 Å². The summed E-state index contributed by atoms with van der Waals surface area (Å²) < 4.78 is 18.9. The molecule has 0 bridgehead atoms. The van der Waals surface area contributed by atoms with Gasteiger partial charge in [-0.05, 0) is 31.7 Å². The van der Waals surface area contributed by atoms with Gasteiger partial charge < -0.3 is 10.5 Å². The van der Waals surface area contributed by atoms with E-state index in [0.717, 1.165) is 5.56 Å². The summed E-state index contributed by atoms with van der Waals surface area (Å²) >= 11 is 0. The number of hydrogen-bond acceptors (Lipinski definition) is 2. The van der Waals surface area contributed by atoms with Crippen molar-refractivity contribution in [3.8, 4) is 5.75 Å². The largest absolute Gasteiger partial charge is 0.493 e. The molecule has 1 unspecified atom stereocenters. The van der Waals surface area contributed by atoms with Crippen LogP contribution in [0.3, 0.4) is 0 Å². The van der Waals surface area contributed by atoms with Crippen LogP contribution in [0, 0.1) is 11.7 Å². The van der Waals surface area contributed by atoms with Crippen LogP contribution in [0.4, 0.5) is 4.39 Å². The van der Waals surface area contributed by atoms with E-state index < -0.39 is 0 Å². The molecule has 17 heavy (non-hydrogen) atoms. The van der Waals surface area contributed by atoms with Gasteiger partial charge >= 0.3 is 0 Å². The number of benzene rings is 1. The van der Waals surface area contributed by atoms with Crippen molar-refractivity contribution in [1.82, 2.24) is 0 Å². The standard InChI is InChI=1S/C14H20FNO/c1-10(16)13-7-6-12(15)8-14(13)17-9-11-4-2-3-5-11/h6-8,10-11H,2-5,9,16H2,1H3. The first-order valence-electron chi connectivity index (χ1n) is 6.34.